The summed E-state index contributed by atoms with van der Waals surface area (Å²) in [6, 6.07) is 0.636. The van der Waals surface area contributed by atoms with E-state index < -0.39 is 0 Å². The fourth-order valence-electron chi connectivity index (χ4n) is 16.3. The van der Waals surface area contributed by atoms with E-state index in [9.17, 15) is 0 Å². The van der Waals surface area contributed by atoms with E-state index in [0.29, 0.717) is 33.1 Å². The van der Waals surface area contributed by atoms with Crippen molar-refractivity contribution in [3.63, 3.8) is 0 Å². The molecule has 0 heterocycles. The fourth-order valence-corrected chi connectivity index (χ4v) is 16.6. The minimum atomic E-state index is 0.470. The minimum Gasteiger partial charge on any atom is -0.263 e. The van der Waals surface area contributed by atoms with Gasteiger partial charge < -0.3 is 0 Å². The van der Waals surface area contributed by atoms with Gasteiger partial charge in [0.2, 0.25) is 0 Å². The molecule has 7 rings (SSSR count). The van der Waals surface area contributed by atoms with Gasteiger partial charge in [0, 0.05) is 6.04 Å². The van der Waals surface area contributed by atoms with Crippen molar-refractivity contribution in [1.29, 1.82) is 0 Å². The van der Waals surface area contributed by atoms with Gasteiger partial charge in [-0.2, -0.15) is 0 Å². The number of hydrogen-bond donors (Lipinski definition) is 2. The average Bonchev–Trinajstić information content (AvgIpc) is 3.13. The summed E-state index contributed by atoms with van der Waals surface area (Å²) >= 11 is 5.14. The first-order valence-electron chi connectivity index (χ1n) is 21.1. The summed E-state index contributed by atoms with van der Waals surface area (Å²) in [5, 5.41) is 0. The number of thiol groups is 1. The standard InChI is InChI=1S/C42H73NS/c44-43-37-25-11-20-34-42(37,36-23-9-2-10-24-36)41(32-18-6-19-33-41)40(30-16-5-17-31-40)39(28-14-4-15-29-39)38(26-12-3-13-27-38)35-21-7-1-8-22-35/h35-37,43-44H,1-34H2. The number of hydrogen-bond acceptors (Lipinski definition) is 2. The van der Waals surface area contributed by atoms with Gasteiger partial charge in [0.15, 0.2) is 0 Å². The first-order valence-corrected chi connectivity index (χ1v) is 21.5. The van der Waals surface area contributed by atoms with Crippen molar-refractivity contribution < 1.29 is 0 Å². The van der Waals surface area contributed by atoms with E-state index >= 15 is 0 Å². The summed E-state index contributed by atoms with van der Waals surface area (Å²) < 4.78 is 3.93. The molecule has 0 aromatic heterocycles. The molecule has 0 aliphatic heterocycles. The van der Waals surface area contributed by atoms with E-state index in [2.05, 4.69) is 4.72 Å². The topological polar surface area (TPSA) is 12.0 Å². The molecule has 44 heavy (non-hydrogen) atoms. The summed E-state index contributed by atoms with van der Waals surface area (Å²) in [7, 11) is 0. The molecule has 0 aromatic rings. The van der Waals surface area contributed by atoms with Gasteiger partial charge in [-0.15, -0.1) is 0 Å². The van der Waals surface area contributed by atoms with E-state index in [0.717, 1.165) is 11.8 Å². The molecule has 2 atom stereocenters. The Hall–Kier alpha value is 0.310. The van der Waals surface area contributed by atoms with Crippen LogP contribution in [0.1, 0.15) is 218 Å². The van der Waals surface area contributed by atoms with Crippen LogP contribution in [0.4, 0.5) is 0 Å². The van der Waals surface area contributed by atoms with E-state index in [-0.39, 0.29) is 0 Å². The maximum absolute atomic E-state index is 5.14. The van der Waals surface area contributed by atoms with Gasteiger partial charge in [-0.05, 0) is 129 Å². The molecular weight excluding hydrogens is 551 g/mol. The highest BCUT2D eigenvalue weighted by molar-refractivity contribution is 7.78. The van der Waals surface area contributed by atoms with E-state index in [1.807, 2.05) is 0 Å². The van der Waals surface area contributed by atoms with Crippen molar-refractivity contribution in [3.8, 4) is 0 Å². The number of rotatable bonds is 7. The third kappa shape index (κ3) is 4.99. The van der Waals surface area contributed by atoms with Crippen molar-refractivity contribution in [2.45, 2.75) is 224 Å². The Morgan fingerprint density at radius 1 is 0.341 bits per heavy atom. The molecule has 7 aliphatic rings. The SMILES string of the molecule is SNC1CCCCC1(C1CCCCC1)C1(C2(C3(C4(C5CCCCC5)CCCCC4)CCCCC3)CCCCC2)CCCCC1. The van der Waals surface area contributed by atoms with E-state index in [4.69, 9.17) is 12.8 Å². The van der Waals surface area contributed by atoms with Crippen LogP contribution in [0.25, 0.3) is 0 Å². The zero-order valence-electron chi connectivity index (χ0n) is 29.2. The van der Waals surface area contributed by atoms with Gasteiger partial charge in [-0.3, -0.25) is 4.72 Å². The minimum absolute atomic E-state index is 0.470. The van der Waals surface area contributed by atoms with Gasteiger partial charge in [0.25, 0.3) is 0 Å². The lowest BCUT2D eigenvalue weighted by molar-refractivity contribution is -0.285. The van der Waals surface area contributed by atoms with Crippen LogP contribution < -0.4 is 4.72 Å². The van der Waals surface area contributed by atoms with Gasteiger partial charge in [0.1, 0.15) is 0 Å². The average molecular weight is 624 g/mol. The van der Waals surface area contributed by atoms with Crippen LogP contribution >= 0.6 is 12.8 Å². The van der Waals surface area contributed by atoms with Gasteiger partial charge in [-0.1, -0.05) is 141 Å². The van der Waals surface area contributed by atoms with Crippen LogP contribution in [0.3, 0.4) is 0 Å². The lowest BCUT2D eigenvalue weighted by Crippen LogP contribution is -2.72. The third-order valence-corrected chi connectivity index (χ3v) is 17.7. The first kappa shape index (κ1) is 32.8. The third-order valence-electron chi connectivity index (χ3n) is 17.4. The lowest BCUT2D eigenvalue weighted by atomic mass is 9.27. The molecule has 0 saturated heterocycles. The van der Waals surface area contributed by atoms with Crippen LogP contribution in [0.5, 0.6) is 0 Å². The van der Waals surface area contributed by atoms with Crippen LogP contribution in [0.2, 0.25) is 0 Å². The molecule has 7 saturated carbocycles. The smallest absolute Gasteiger partial charge is 0.0234 e. The molecule has 7 aliphatic carbocycles. The maximum Gasteiger partial charge on any atom is 0.0234 e. The largest absolute Gasteiger partial charge is 0.263 e. The van der Waals surface area contributed by atoms with Gasteiger partial charge >= 0.3 is 0 Å². The fraction of sp³-hybridized carbons (Fsp3) is 1.00. The van der Waals surface area contributed by atoms with Crippen molar-refractivity contribution in [2.24, 2.45) is 38.9 Å². The Kier molecular flexibility index (Phi) is 10.5. The van der Waals surface area contributed by atoms with Gasteiger partial charge in [0.05, 0.1) is 0 Å². The monoisotopic (exact) mass is 624 g/mol. The van der Waals surface area contributed by atoms with Crippen LogP contribution in [-0.2, 0) is 0 Å². The lowest BCUT2D eigenvalue weighted by Gasteiger charge is -2.77. The second-order valence-corrected chi connectivity index (χ2v) is 18.5. The normalized spacial score (nSPS) is 36.9. The van der Waals surface area contributed by atoms with Crippen molar-refractivity contribution in [2.75, 3.05) is 0 Å². The Morgan fingerprint density at radius 3 is 1.25 bits per heavy atom. The zero-order chi connectivity index (χ0) is 30.0. The summed E-state index contributed by atoms with van der Waals surface area (Å²) in [6.07, 6.45) is 52.5. The highest BCUT2D eigenvalue weighted by atomic mass is 32.1. The maximum atomic E-state index is 5.14. The summed E-state index contributed by atoms with van der Waals surface area (Å²) in [6.45, 7) is 0. The predicted molar refractivity (Wildman–Crippen MR) is 192 cm³/mol. The molecule has 0 aromatic carbocycles. The predicted octanol–water partition coefficient (Wildman–Crippen LogP) is 13.3. The summed E-state index contributed by atoms with van der Waals surface area (Å²) in [5.41, 5.74) is 2.79. The number of nitrogens with one attached hydrogen (secondary N) is 1. The molecule has 1 nitrogen and oxygen atoms in total. The summed E-state index contributed by atoms with van der Waals surface area (Å²) in [5.74, 6) is 1.97. The Bertz CT molecular complexity index is 889. The quantitative estimate of drug-likeness (QED) is 0.269. The zero-order valence-corrected chi connectivity index (χ0v) is 30.1. The molecule has 2 heteroatoms. The second kappa shape index (κ2) is 14.0. The molecule has 1 N–H and O–H groups in total. The van der Waals surface area contributed by atoms with Crippen molar-refractivity contribution in [1.82, 2.24) is 4.72 Å². The first-order chi connectivity index (χ1) is 21.7. The van der Waals surface area contributed by atoms with Crippen molar-refractivity contribution >= 4 is 12.8 Å². The Morgan fingerprint density at radius 2 is 0.727 bits per heavy atom. The molecule has 2 unspecified atom stereocenters. The molecule has 0 radical (unpaired) electrons. The van der Waals surface area contributed by atoms with Crippen molar-refractivity contribution in [3.05, 3.63) is 0 Å². The van der Waals surface area contributed by atoms with E-state index in [1.165, 1.54) is 116 Å². The molecule has 252 valence electrons. The molecular formula is C42H73NS. The molecule has 0 amide bonds. The highest BCUT2D eigenvalue weighted by Crippen LogP contribution is 2.82. The van der Waals surface area contributed by atoms with Crippen LogP contribution in [-0.4, -0.2) is 6.04 Å². The van der Waals surface area contributed by atoms with E-state index in [1.54, 1.807) is 103 Å². The highest BCUT2D eigenvalue weighted by Gasteiger charge is 2.75. The van der Waals surface area contributed by atoms with Crippen LogP contribution in [0.15, 0.2) is 0 Å². The molecule has 0 bridgehead atoms. The molecule has 0 spiro atoms. The second-order valence-electron chi connectivity index (χ2n) is 18.3. The Balaban J connectivity index is 1.49. The van der Waals surface area contributed by atoms with Crippen LogP contribution in [0, 0.1) is 38.9 Å². The Labute approximate surface area is 280 Å². The summed E-state index contributed by atoms with van der Waals surface area (Å²) in [4.78, 5) is 0. The molecule has 7 fully saturated rings. The van der Waals surface area contributed by atoms with Gasteiger partial charge in [-0.25, -0.2) is 0 Å².